The van der Waals surface area contributed by atoms with E-state index in [0.717, 1.165) is 17.8 Å². The predicted molar refractivity (Wildman–Crippen MR) is 92.0 cm³/mol. The van der Waals surface area contributed by atoms with Gasteiger partial charge in [-0.05, 0) is 43.3 Å². The summed E-state index contributed by atoms with van der Waals surface area (Å²) in [5.41, 5.74) is 1.71. The molecule has 0 radical (unpaired) electrons. The van der Waals surface area contributed by atoms with Crippen molar-refractivity contribution in [3.05, 3.63) is 60.0 Å². The molecule has 1 amide bonds. The molecular weight excluding hydrogens is 379 g/mol. The Labute approximate surface area is 156 Å². The van der Waals surface area contributed by atoms with Crippen LogP contribution in [0.3, 0.4) is 0 Å². The van der Waals surface area contributed by atoms with Gasteiger partial charge in [0.15, 0.2) is 12.3 Å². The number of alkyl halides is 3. The topological polar surface area (TPSA) is 81.9 Å². The van der Waals surface area contributed by atoms with Crippen molar-refractivity contribution in [3.8, 4) is 5.75 Å². The highest BCUT2D eigenvalue weighted by Gasteiger charge is 2.31. The van der Waals surface area contributed by atoms with Crippen LogP contribution < -0.4 is 10.1 Å². The Hall–Kier alpha value is -3.56. The van der Waals surface area contributed by atoms with E-state index in [9.17, 15) is 22.8 Å². The van der Waals surface area contributed by atoms with E-state index in [1.807, 2.05) is 13.0 Å². The summed E-state index contributed by atoms with van der Waals surface area (Å²) >= 11 is 0. The van der Waals surface area contributed by atoms with Crippen molar-refractivity contribution in [1.29, 1.82) is 0 Å². The number of benzene rings is 1. The molecule has 0 bridgehead atoms. The quantitative estimate of drug-likeness (QED) is 0.673. The fourth-order valence-electron chi connectivity index (χ4n) is 2.39. The van der Waals surface area contributed by atoms with Crippen LogP contribution in [0.2, 0.25) is 0 Å². The highest BCUT2D eigenvalue weighted by molar-refractivity contribution is 5.95. The molecule has 2 heterocycles. The van der Waals surface area contributed by atoms with Gasteiger partial charge in [-0.1, -0.05) is 6.07 Å². The zero-order valence-corrected chi connectivity index (χ0v) is 14.5. The molecule has 1 aromatic carbocycles. The van der Waals surface area contributed by atoms with Crippen LogP contribution in [0.1, 0.15) is 16.2 Å². The highest BCUT2D eigenvalue weighted by Crippen LogP contribution is 2.23. The van der Waals surface area contributed by atoms with Crippen LogP contribution in [0.15, 0.2) is 48.7 Å². The van der Waals surface area contributed by atoms with E-state index in [0.29, 0.717) is 5.65 Å². The Morgan fingerprint density at radius 1 is 1.14 bits per heavy atom. The molecule has 2 aromatic heterocycles. The van der Waals surface area contributed by atoms with Gasteiger partial charge in [-0.15, -0.1) is 13.2 Å². The smallest absolute Gasteiger partial charge is 0.451 e. The van der Waals surface area contributed by atoms with Crippen LogP contribution in [-0.2, 0) is 9.53 Å². The first-order valence-corrected chi connectivity index (χ1v) is 7.99. The number of aromatic nitrogens is 2. The number of carbonyl (C=O) groups excluding carboxylic acids is 2. The summed E-state index contributed by atoms with van der Waals surface area (Å²) in [7, 11) is 0. The number of imidazole rings is 1. The Morgan fingerprint density at radius 3 is 2.50 bits per heavy atom. The van der Waals surface area contributed by atoms with Gasteiger partial charge < -0.3 is 19.2 Å². The molecule has 0 spiro atoms. The van der Waals surface area contributed by atoms with E-state index in [1.54, 1.807) is 16.5 Å². The molecular formula is C18H14F3N3O4. The molecule has 7 nitrogen and oxygen atoms in total. The summed E-state index contributed by atoms with van der Waals surface area (Å²) in [6.07, 6.45) is -3.29. The molecule has 0 aliphatic carbocycles. The average Bonchev–Trinajstić information content (AvgIpc) is 3.06. The number of fused-ring (bicyclic) bond motifs is 1. The van der Waals surface area contributed by atoms with Crippen LogP contribution in [0, 0.1) is 6.92 Å². The maximum absolute atomic E-state index is 12.1. The molecule has 0 aliphatic heterocycles. The van der Waals surface area contributed by atoms with Crippen molar-refractivity contribution in [3.63, 3.8) is 0 Å². The van der Waals surface area contributed by atoms with E-state index in [4.69, 9.17) is 4.74 Å². The average molecular weight is 393 g/mol. The molecule has 3 rings (SSSR count). The largest absolute Gasteiger partial charge is 0.573 e. The number of rotatable bonds is 5. The van der Waals surface area contributed by atoms with Crippen LogP contribution >= 0.6 is 0 Å². The number of amides is 1. The maximum Gasteiger partial charge on any atom is 0.573 e. The van der Waals surface area contributed by atoms with Crippen molar-refractivity contribution in [1.82, 2.24) is 9.38 Å². The minimum atomic E-state index is -4.80. The molecule has 3 aromatic rings. The molecule has 0 aliphatic rings. The number of nitrogens with one attached hydrogen (secondary N) is 1. The van der Waals surface area contributed by atoms with Crippen LogP contribution in [0.4, 0.5) is 18.9 Å². The van der Waals surface area contributed by atoms with E-state index < -0.39 is 30.6 Å². The lowest BCUT2D eigenvalue weighted by molar-refractivity contribution is -0.274. The van der Waals surface area contributed by atoms with Crippen molar-refractivity contribution in [2.45, 2.75) is 13.3 Å². The van der Waals surface area contributed by atoms with E-state index in [1.165, 1.54) is 18.3 Å². The maximum atomic E-state index is 12.1. The van der Waals surface area contributed by atoms with Crippen LogP contribution in [0.5, 0.6) is 5.75 Å². The van der Waals surface area contributed by atoms with Gasteiger partial charge in [-0.3, -0.25) is 4.79 Å². The molecule has 0 unspecified atom stereocenters. The molecule has 0 fully saturated rings. The van der Waals surface area contributed by atoms with Gasteiger partial charge in [0.2, 0.25) is 0 Å². The number of anilines is 1. The zero-order valence-electron chi connectivity index (χ0n) is 14.5. The number of aryl methyl sites for hydroxylation is 1. The summed E-state index contributed by atoms with van der Waals surface area (Å²) in [6.45, 7) is 1.27. The van der Waals surface area contributed by atoms with Crippen molar-refractivity contribution in [2.24, 2.45) is 0 Å². The number of pyridine rings is 1. The number of hydrogen-bond donors (Lipinski definition) is 1. The SMILES string of the molecule is Cc1cccc2nc(C(=O)OCC(=O)Nc3ccc(OC(F)(F)F)cc3)cn12. The first-order valence-electron chi connectivity index (χ1n) is 7.99. The third-order valence-corrected chi connectivity index (χ3v) is 3.61. The summed E-state index contributed by atoms with van der Waals surface area (Å²) in [6, 6.07) is 9.93. The molecule has 146 valence electrons. The highest BCUT2D eigenvalue weighted by atomic mass is 19.4. The van der Waals surface area contributed by atoms with E-state index in [-0.39, 0.29) is 11.4 Å². The van der Waals surface area contributed by atoms with Crippen molar-refractivity contribution in [2.75, 3.05) is 11.9 Å². The monoisotopic (exact) mass is 393 g/mol. The summed E-state index contributed by atoms with van der Waals surface area (Å²) < 4.78 is 46.7. The normalized spacial score (nSPS) is 11.3. The fraction of sp³-hybridized carbons (Fsp3) is 0.167. The van der Waals surface area contributed by atoms with Gasteiger partial charge in [0.05, 0.1) is 0 Å². The molecule has 1 N–H and O–H groups in total. The number of halogens is 3. The number of nitrogens with zero attached hydrogens (tertiary/aromatic N) is 2. The third kappa shape index (κ3) is 4.78. The lowest BCUT2D eigenvalue weighted by Gasteiger charge is -2.10. The first kappa shape index (κ1) is 19.2. The summed E-state index contributed by atoms with van der Waals surface area (Å²) in [5, 5.41) is 2.40. The fourth-order valence-corrected chi connectivity index (χ4v) is 2.39. The second-order valence-corrected chi connectivity index (χ2v) is 5.72. The first-order chi connectivity index (χ1) is 13.2. The van der Waals surface area contributed by atoms with Crippen LogP contribution in [0.25, 0.3) is 5.65 Å². The van der Waals surface area contributed by atoms with E-state index in [2.05, 4.69) is 15.0 Å². The van der Waals surface area contributed by atoms with Crippen LogP contribution in [-0.4, -0.2) is 34.2 Å². The zero-order chi connectivity index (χ0) is 20.3. The number of esters is 1. The lowest BCUT2D eigenvalue weighted by Crippen LogP contribution is -2.21. The summed E-state index contributed by atoms with van der Waals surface area (Å²) in [5.74, 6) is -1.84. The van der Waals surface area contributed by atoms with Gasteiger partial charge in [0.25, 0.3) is 5.91 Å². The minimum Gasteiger partial charge on any atom is -0.451 e. The second-order valence-electron chi connectivity index (χ2n) is 5.72. The second kappa shape index (κ2) is 7.59. The molecule has 0 saturated heterocycles. The Kier molecular flexibility index (Phi) is 5.21. The number of carbonyl (C=O) groups is 2. The van der Waals surface area contributed by atoms with Gasteiger partial charge in [-0.2, -0.15) is 0 Å². The van der Waals surface area contributed by atoms with E-state index >= 15 is 0 Å². The van der Waals surface area contributed by atoms with Gasteiger partial charge in [0, 0.05) is 17.6 Å². The Morgan fingerprint density at radius 2 is 1.86 bits per heavy atom. The number of hydrogen-bond acceptors (Lipinski definition) is 5. The van der Waals surface area contributed by atoms with Gasteiger partial charge in [-0.25, -0.2) is 9.78 Å². The summed E-state index contributed by atoms with van der Waals surface area (Å²) in [4.78, 5) is 28.0. The molecule has 10 heteroatoms. The van der Waals surface area contributed by atoms with Crippen molar-refractivity contribution >= 4 is 23.2 Å². The Balaban J connectivity index is 1.54. The lowest BCUT2D eigenvalue weighted by atomic mass is 10.3. The number of ether oxygens (including phenoxy) is 2. The van der Waals surface area contributed by atoms with Gasteiger partial charge >= 0.3 is 12.3 Å². The Bertz CT molecular complexity index is 1010. The third-order valence-electron chi connectivity index (χ3n) is 3.61. The molecule has 28 heavy (non-hydrogen) atoms. The standard InChI is InChI=1S/C18H14F3N3O4/c1-11-3-2-4-15-23-14(9-24(11)15)17(26)27-10-16(25)22-12-5-7-13(8-6-12)28-18(19,20)21/h2-9H,10H2,1H3,(H,22,25). The minimum absolute atomic E-state index is 0.0516. The molecule has 0 atom stereocenters. The van der Waals surface area contributed by atoms with Gasteiger partial charge in [0.1, 0.15) is 11.4 Å². The molecule has 0 saturated carbocycles. The predicted octanol–water partition coefficient (Wildman–Crippen LogP) is 3.34. The van der Waals surface area contributed by atoms with Crippen molar-refractivity contribution < 1.29 is 32.2 Å².